The number of rotatable bonds is 12. The minimum atomic E-state index is -0.388. The van der Waals surface area contributed by atoms with E-state index in [0.29, 0.717) is 40.4 Å². The highest BCUT2D eigenvalue weighted by atomic mass is 32.2. The molecule has 3 rings (SSSR count). The molecule has 0 radical (unpaired) electrons. The Morgan fingerprint density at radius 2 is 1.81 bits per heavy atom. The van der Waals surface area contributed by atoms with Gasteiger partial charge in [0.25, 0.3) is 0 Å². The number of thioether (sulfide) groups is 1. The van der Waals surface area contributed by atoms with Crippen LogP contribution in [-0.2, 0) is 16.1 Å². The average Bonchev–Trinajstić information content (AvgIpc) is 3.26. The number of methoxy groups -OCH3 is 2. The molecule has 0 bridgehead atoms. The van der Waals surface area contributed by atoms with Crippen molar-refractivity contribution in [2.24, 2.45) is 0 Å². The molecular formula is C25H29N5O5S. The highest BCUT2D eigenvalue weighted by Gasteiger charge is 2.20. The van der Waals surface area contributed by atoms with Crippen LogP contribution in [-0.4, -0.2) is 46.6 Å². The SMILES string of the molecule is C=CCn1c(SCC(=O)Nc2ccc(OC)c(NC(C)=O)c2)nnc1C(C)Oc1ccc(OC)cc1. The van der Waals surface area contributed by atoms with Crippen molar-refractivity contribution in [2.75, 3.05) is 30.6 Å². The zero-order chi connectivity index (χ0) is 26.1. The number of hydrogen-bond donors (Lipinski definition) is 2. The van der Waals surface area contributed by atoms with E-state index >= 15 is 0 Å². The largest absolute Gasteiger partial charge is 0.497 e. The monoisotopic (exact) mass is 511 g/mol. The number of allylic oxidation sites excluding steroid dienone is 1. The number of benzene rings is 2. The van der Waals surface area contributed by atoms with E-state index in [0.717, 1.165) is 5.75 Å². The minimum Gasteiger partial charge on any atom is -0.497 e. The summed E-state index contributed by atoms with van der Waals surface area (Å²) in [5.41, 5.74) is 0.997. The van der Waals surface area contributed by atoms with Gasteiger partial charge in [0.1, 0.15) is 17.2 Å². The van der Waals surface area contributed by atoms with Gasteiger partial charge in [-0.25, -0.2) is 0 Å². The lowest BCUT2D eigenvalue weighted by Gasteiger charge is -2.16. The predicted octanol–water partition coefficient (Wildman–Crippen LogP) is 4.31. The fourth-order valence-corrected chi connectivity index (χ4v) is 4.07. The van der Waals surface area contributed by atoms with Gasteiger partial charge in [-0.2, -0.15) is 0 Å². The molecule has 190 valence electrons. The van der Waals surface area contributed by atoms with E-state index in [-0.39, 0.29) is 23.7 Å². The molecule has 10 nitrogen and oxygen atoms in total. The van der Waals surface area contributed by atoms with Gasteiger partial charge in [0, 0.05) is 19.2 Å². The lowest BCUT2D eigenvalue weighted by Crippen LogP contribution is -2.16. The first-order chi connectivity index (χ1) is 17.3. The summed E-state index contributed by atoms with van der Waals surface area (Å²) in [6, 6.07) is 12.3. The second-order valence-corrected chi connectivity index (χ2v) is 8.55. The Bertz CT molecular complexity index is 1210. The molecule has 1 unspecified atom stereocenters. The first-order valence-corrected chi connectivity index (χ1v) is 12.1. The number of anilines is 2. The highest BCUT2D eigenvalue weighted by molar-refractivity contribution is 7.99. The lowest BCUT2D eigenvalue weighted by atomic mass is 10.2. The molecule has 0 saturated heterocycles. The molecule has 2 N–H and O–H groups in total. The Labute approximate surface area is 214 Å². The molecule has 0 fully saturated rings. The van der Waals surface area contributed by atoms with Gasteiger partial charge < -0.3 is 24.8 Å². The zero-order valence-corrected chi connectivity index (χ0v) is 21.4. The summed E-state index contributed by atoms with van der Waals surface area (Å²) in [6.07, 6.45) is 1.35. The molecule has 0 aliphatic carbocycles. The minimum absolute atomic E-state index is 0.102. The summed E-state index contributed by atoms with van der Waals surface area (Å²) < 4.78 is 18.3. The summed E-state index contributed by atoms with van der Waals surface area (Å²) in [6.45, 7) is 7.55. The molecule has 3 aromatic rings. The Hall–Kier alpha value is -3.99. The molecule has 0 aliphatic heterocycles. The van der Waals surface area contributed by atoms with Crippen molar-refractivity contribution in [1.29, 1.82) is 0 Å². The van der Waals surface area contributed by atoms with Crippen LogP contribution in [0.5, 0.6) is 17.2 Å². The maximum atomic E-state index is 12.6. The van der Waals surface area contributed by atoms with Gasteiger partial charge >= 0.3 is 0 Å². The van der Waals surface area contributed by atoms with Crippen LogP contribution in [0.4, 0.5) is 11.4 Å². The molecule has 11 heteroatoms. The number of nitrogens with zero attached hydrogens (tertiary/aromatic N) is 3. The van der Waals surface area contributed by atoms with E-state index in [2.05, 4.69) is 27.4 Å². The van der Waals surface area contributed by atoms with Crippen LogP contribution in [0.25, 0.3) is 0 Å². The molecule has 2 aromatic carbocycles. The van der Waals surface area contributed by atoms with E-state index < -0.39 is 0 Å². The Morgan fingerprint density at radius 3 is 2.44 bits per heavy atom. The highest BCUT2D eigenvalue weighted by Crippen LogP contribution is 2.29. The number of hydrogen-bond acceptors (Lipinski definition) is 8. The van der Waals surface area contributed by atoms with Crippen LogP contribution < -0.4 is 24.8 Å². The third-order valence-electron chi connectivity index (χ3n) is 4.92. The zero-order valence-electron chi connectivity index (χ0n) is 20.6. The third kappa shape index (κ3) is 7.01. The summed E-state index contributed by atoms with van der Waals surface area (Å²) in [5, 5.41) is 14.6. The van der Waals surface area contributed by atoms with Crippen LogP contribution in [0.1, 0.15) is 25.8 Å². The van der Waals surface area contributed by atoms with Gasteiger partial charge in [-0.15, -0.1) is 16.8 Å². The van der Waals surface area contributed by atoms with Gasteiger partial charge in [0.15, 0.2) is 17.1 Å². The Balaban J connectivity index is 1.66. The van der Waals surface area contributed by atoms with Gasteiger partial charge in [-0.05, 0) is 49.4 Å². The summed E-state index contributed by atoms with van der Waals surface area (Å²) >= 11 is 1.25. The van der Waals surface area contributed by atoms with Crippen LogP contribution >= 0.6 is 11.8 Å². The van der Waals surface area contributed by atoms with Crippen molar-refractivity contribution < 1.29 is 23.8 Å². The number of amides is 2. The molecular weight excluding hydrogens is 482 g/mol. The van der Waals surface area contributed by atoms with Gasteiger partial charge in [0.2, 0.25) is 11.8 Å². The lowest BCUT2D eigenvalue weighted by molar-refractivity contribution is -0.114. The summed E-state index contributed by atoms with van der Waals surface area (Å²) in [4.78, 5) is 24.1. The van der Waals surface area contributed by atoms with Crippen molar-refractivity contribution in [2.45, 2.75) is 31.7 Å². The molecule has 36 heavy (non-hydrogen) atoms. The van der Waals surface area contributed by atoms with E-state index in [1.807, 2.05) is 35.8 Å². The maximum absolute atomic E-state index is 12.6. The van der Waals surface area contributed by atoms with Gasteiger partial charge in [-0.3, -0.25) is 14.2 Å². The summed E-state index contributed by atoms with van der Waals surface area (Å²) in [7, 11) is 3.11. The number of carbonyl (C=O) groups is 2. The summed E-state index contributed by atoms with van der Waals surface area (Å²) in [5.74, 6) is 2.14. The normalized spacial score (nSPS) is 11.3. The standard InChI is InChI=1S/C25H29N5O5S/c1-6-13-30-24(16(2)35-20-10-8-19(33-4)9-11-20)28-29-25(30)36-15-23(32)27-18-7-12-22(34-5)21(14-18)26-17(3)31/h6-12,14,16H,1,13,15H2,2-5H3,(H,26,31)(H,27,32). The number of carbonyl (C=O) groups excluding carboxylic acids is 2. The van der Waals surface area contributed by atoms with Crippen molar-refractivity contribution in [3.05, 3.63) is 60.9 Å². The van der Waals surface area contributed by atoms with E-state index in [1.54, 1.807) is 31.4 Å². The first kappa shape index (κ1) is 26.6. The number of ether oxygens (including phenoxy) is 3. The van der Waals surface area contributed by atoms with Crippen LogP contribution in [0.15, 0.2) is 60.3 Å². The van der Waals surface area contributed by atoms with Crippen LogP contribution in [0.2, 0.25) is 0 Å². The van der Waals surface area contributed by atoms with Crippen LogP contribution in [0.3, 0.4) is 0 Å². The smallest absolute Gasteiger partial charge is 0.234 e. The van der Waals surface area contributed by atoms with E-state index in [4.69, 9.17) is 14.2 Å². The fourth-order valence-electron chi connectivity index (χ4n) is 3.32. The Morgan fingerprint density at radius 1 is 1.08 bits per heavy atom. The van der Waals surface area contributed by atoms with Crippen molar-refractivity contribution in [3.8, 4) is 17.2 Å². The second kappa shape index (κ2) is 12.6. The van der Waals surface area contributed by atoms with E-state index in [1.165, 1.54) is 25.8 Å². The molecule has 2 amide bonds. The second-order valence-electron chi connectivity index (χ2n) is 7.61. The van der Waals surface area contributed by atoms with E-state index in [9.17, 15) is 9.59 Å². The molecule has 0 saturated carbocycles. The number of aromatic nitrogens is 3. The topological polar surface area (TPSA) is 117 Å². The van der Waals surface area contributed by atoms with Gasteiger partial charge in [-0.1, -0.05) is 17.8 Å². The third-order valence-corrected chi connectivity index (χ3v) is 5.89. The van der Waals surface area contributed by atoms with Gasteiger partial charge in [0.05, 0.1) is 25.7 Å². The van der Waals surface area contributed by atoms with Crippen molar-refractivity contribution in [3.63, 3.8) is 0 Å². The number of nitrogens with one attached hydrogen (secondary N) is 2. The fraction of sp³-hybridized carbons (Fsp3) is 0.280. The van der Waals surface area contributed by atoms with Crippen LogP contribution in [0, 0.1) is 0 Å². The molecule has 0 aliphatic rings. The van der Waals surface area contributed by atoms with Crippen molar-refractivity contribution >= 4 is 35.0 Å². The first-order valence-electron chi connectivity index (χ1n) is 11.1. The average molecular weight is 512 g/mol. The molecule has 1 heterocycles. The Kier molecular flexibility index (Phi) is 9.34. The molecule has 0 spiro atoms. The maximum Gasteiger partial charge on any atom is 0.234 e. The molecule has 1 aromatic heterocycles. The molecule has 1 atom stereocenters. The van der Waals surface area contributed by atoms with Crippen molar-refractivity contribution in [1.82, 2.24) is 14.8 Å². The predicted molar refractivity (Wildman–Crippen MR) is 139 cm³/mol. The quantitative estimate of drug-likeness (QED) is 0.273.